The lowest BCUT2D eigenvalue weighted by atomic mass is 10.3. The molecule has 1 aromatic heterocycles. The summed E-state index contributed by atoms with van der Waals surface area (Å²) in [7, 11) is 1.64. The monoisotopic (exact) mass is 282 g/mol. The molecular formula is C13H22N4O3. The van der Waals surface area contributed by atoms with Crippen molar-refractivity contribution in [1.29, 1.82) is 0 Å². The van der Waals surface area contributed by atoms with Gasteiger partial charge in [-0.2, -0.15) is 4.98 Å². The first kappa shape index (κ1) is 15.0. The topological polar surface area (TPSA) is 91.5 Å². The van der Waals surface area contributed by atoms with Crippen LogP contribution < -0.4 is 16.0 Å². The summed E-state index contributed by atoms with van der Waals surface area (Å²) in [4.78, 5) is 8.87. The molecule has 7 heteroatoms. The van der Waals surface area contributed by atoms with Gasteiger partial charge in [-0.05, 0) is 19.8 Å². The number of nitrogen functional groups attached to an aromatic ring is 1. The number of hydrogen-bond acceptors (Lipinski definition) is 7. The number of aromatic nitrogens is 2. The normalized spacial score (nSPS) is 14.3. The van der Waals surface area contributed by atoms with Crippen LogP contribution in [0.1, 0.15) is 30.1 Å². The molecule has 0 atom stereocenters. The maximum absolute atomic E-state index is 5.67. The van der Waals surface area contributed by atoms with E-state index in [4.69, 9.17) is 20.1 Å². The Labute approximate surface area is 118 Å². The van der Waals surface area contributed by atoms with Gasteiger partial charge in [0.25, 0.3) is 0 Å². The average molecular weight is 282 g/mol. The molecule has 0 aromatic carbocycles. The Morgan fingerprint density at radius 3 is 2.60 bits per heavy atom. The van der Waals surface area contributed by atoms with Gasteiger partial charge in [0.05, 0.1) is 25.4 Å². The molecule has 3 N–H and O–H groups in total. The largest absolute Gasteiger partial charge is 0.475 e. The lowest BCUT2D eigenvalue weighted by Gasteiger charge is -2.12. The molecule has 0 spiro atoms. The van der Waals surface area contributed by atoms with Gasteiger partial charge in [0.2, 0.25) is 5.88 Å². The van der Waals surface area contributed by atoms with Crippen LogP contribution in [0.15, 0.2) is 0 Å². The summed E-state index contributed by atoms with van der Waals surface area (Å²) < 4.78 is 15.9. The highest BCUT2D eigenvalue weighted by Crippen LogP contribution is 2.39. The molecule has 0 radical (unpaired) electrons. The van der Waals surface area contributed by atoms with Gasteiger partial charge in [-0.25, -0.2) is 10.8 Å². The van der Waals surface area contributed by atoms with Crippen LogP contribution in [-0.2, 0) is 9.47 Å². The van der Waals surface area contributed by atoms with Crippen LogP contribution in [0.4, 0.5) is 5.82 Å². The number of hydrazine groups is 1. The highest BCUT2D eigenvalue weighted by Gasteiger charge is 2.28. The zero-order chi connectivity index (χ0) is 14.4. The number of hydrogen-bond donors (Lipinski definition) is 2. The Kier molecular flexibility index (Phi) is 5.51. The van der Waals surface area contributed by atoms with E-state index in [1.807, 2.05) is 6.92 Å². The third-order valence-corrected chi connectivity index (χ3v) is 3.10. The van der Waals surface area contributed by atoms with Gasteiger partial charge in [0, 0.05) is 13.0 Å². The number of nitrogens with one attached hydrogen (secondary N) is 1. The molecule has 0 aliphatic heterocycles. The maximum Gasteiger partial charge on any atom is 0.221 e. The van der Waals surface area contributed by atoms with E-state index in [1.165, 1.54) is 0 Å². The predicted molar refractivity (Wildman–Crippen MR) is 74.7 cm³/mol. The first-order valence-electron chi connectivity index (χ1n) is 6.81. The Hall–Kier alpha value is -1.44. The van der Waals surface area contributed by atoms with E-state index in [-0.39, 0.29) is 0 Å². The van der Waals surface area contributed by atoms with Crippen molar-refractivity contribution in [3.8, 4) is 5.88 Å². The van der Waals surface area contributed by atoms with Crippen LogP contribution in [0.5, 0.6) is 5.88 Å². The molecule has 7 nitrogen and oxygen atoms in total. The number of ether oxygens (including phenoxy) is 3. The van der Waals surface area contributed by atoms with E-state index in [0.29, 0.717) is 44.0 Å². The Morgan fingerprint density at radius 1 is 1.20 bits per heavy atom. The molecule has 20 heavy (non-hydrogen) atoms. The van der Waals surface area contributed by atoms with E-state index in [0.717, 1.165) is 24.2 Å². The zero-order valence-corrected chi connectivity index (χ0v) is 12.0. The summed E-state index contributed by atoms with van der Waals surface area (Å²) in [5.41, 5.74) is 3.41. The van der Waals surface area contributed by atoms with Gasteiger partial charge >= 0.3 is 0 Å². The highest BCUT2D eigenvalue weighted by molar-refractivity contribution is 5.48. The summed E-state index contributed by atoms with van der Waals surface area (Å²) >= 11 is 0. The van der Waals surface area contributed by atoms with Gasteiger partial charge in [-0.15, -0.1) is 0 Å². The van der Waals surface area contributed by atoms with Crippen molar-refractivity contribution in [2.24, 2.45) is 5.84 Å². The third-order valence-electron chi connectivity index (χ3n) is 3.10. The first-order valence-corrected chi connectivity index (χ1v) is 6.81. The number of nitrogens with two attached hydrogens (primary N) is 1. The summed E-state index contributed by atoms with van der Waals surface area (Å²) in [6.45, 7) is 3.96. The SMILES string of the molecule is COCCOCCOc1nc(C2CC2)nc(NN)c1C. The molecule has 2 rings (SSSR count). The van der Waals surface area contributed by atoms with Crippen LogP contribution in [0.2, 0.25) is 0 Å². The summed E-state index contributed by atoms with van der Waals surface area (Å²) in [6.07, 6.45) is 2.26. The Morgan fingerprint density at radius 2 is 1.95 bits per heavy atom. The van der Waals surface area contributed by atoms with Crippen molar-refractivity contribution in [3.63, 3.8) is 0 Å². The van der Waals surface area contributed by atoms with E-state index < -0.39 is 0 Å². The average Bonchev–Trinajstić information content (AvgIpc) is 3.29. The smallest absolute Gasteiger partial charge is 0.221 e. The number of rotatable bonds is 9. The van der Waals surface area contributed by atoms with Crippen molar-refractivity contribution >= 4 is 5.82 Å². The van der Waals surface area contributed by atoms with Crippen molar-refractivity contribution in [1.82, 2.24) is 9.97 Å². The molecule has 1 fully saturated rings. The fourth-order valence-corrected chi connectivity index (χ4v) is 1.76. The van der Waals surface area contributed by atoms with Crippen molar-refractivity contribution < 1.29 is 14.2 Å². The molecule has 112 valence electrons. The predicted octanol–water partition coefficient (Wildman–Crippen LogP) is 0.990. The first-order chi connectivity index (χ1) is 9.76. The molecule has 0 unspecified atom stereocenters. The highest BCUT2D eigenvalue weighted by atomic mass is 16.5. The molecule has 1 aliphatic carbocycles. The second-order valence-electron chi connectivity index (χ2n) is 4.73. The minimum Gasteiger partial charge on any atom is -0.475 e. The van der Waals surface area contributed by atoms with Crippen LogP contribution in [-0.4, -0.2) is 43.5 Å². The fourth-order valence-electron chi connectivity index (χ4n) is 1.76. The van der Waals surface area contributed by atoms with Gasteiger partial charge in [-0.3, -0.25) is 0 Å². The lowest BCUT2D eigenvalue weighted by molar-refractivity contribution is 0.0535. The summed E-state index contributed by atoms with van der Waals surface area (Å²) in [5.74, 6) is 7.93. The van der Waals surface area contributed by atoms with Crippen LogP contribution in [0, 0.1) is 6.92 Å². The molecular weight excluding hydrogens is 260 g/mol. The molecule has 1 saturated carbocycles. The standard InChI is InChI=1S/C13H22N4O3/c1-9-11(17-14)15-12(10-3-4-10)16-13(9)20-8-7-19-6-5-18-2/h10H,3-8,14H2,1-2H3,(H,15,16,17). The second kappa shape index (κ2) is 7.37. The van der Waals surface area contributed by atoms with Gasteiger partial charge in [0.1, 0.15) is 18.2 Å². The summed E-state index contributed by atoms with van der Waals surface area (Å²) in [5, 5.41) is 0. The number of anilines is 1. The maximum atomic E-state index is 5.67. The fraction of sp³-hybridized carbons (Fsp3) is 0.692. The quantitative estimate of drug-likeness (QED) is 0.396. The van der Waals surface area contributed by atoms with E-state index >= 15 is 0 Å². The minimum atomic E-state index is 0.440. The van der Waals surface area contributed by atoms with Crippen LogP contribution in [0.3, 0.4) is 0 Å². The van der Waals surface area contributed by atoms with Crippen molar-refractivity contribution in [2.45, 2.75) is 25.7 Å². The number of nitrogens with zero attached hydrogens (tertiary/aromatic N) is 2. The van der Waals surface area contributed by atoms with Crippen LogP contribution in [0.25, 0.3) is 0 Å². The molecule has 1 aromatic rings. The van der Waals surface area contributed by atoms with E-state index in [1.54, 1.807) is 7.11 Å². The number of methoxy groups -OCH3 is 1. The molecule has 1 aliphatic rings. The molecule has 0 bridgehead atoms. The second-order valence-corrected chi connectivity index (χ2v) is 4.73. The Balaban J connectivity index is 1.90. The van der Waals surface area contributed by atoms with Gasteiger partial charge in [-0.1, -0.05) is 0 Å². The molecule has 1 heterocycles. The minimum absolute atomic E-state index is 0.440. The summed E-state index contributed by atoms with van der Waals surface area (Å²) in [6, 6.07) is 0. The molecule has 0 saturated heterocycles. The van der Waals surface area contributed by atoms with Crippen LogP contribution >= 0.6 is 0 Å². The lowest BCUT2D eigenvalue weighted by Crippen LogP contribution is -2.15. The third kappa shape index (κ3) is 4.03. The van der Waals surface area contributed by atoms with Gasteiger partial charge in [0.15, 0.2) is 0 Å². The zero-order valence-electron chi connectivity index (χ0n) is 12.0. The molecule has 0 amide bonds. The van der Waals surface area contributed by atoms with Gasteiger partial charge < -0.3 is 19.6 Å². The van der Waals surface area contributed by atoms with Crippen molar-refractivity contribution in [3.05, 3.63) is 11.4 Å². The van der Waals surface area contributed by atoms with Crippen molar-refractivity contribution in [2.75, 3.05) is 39.0 Å². The van der Waals surface area contributed by atoms with E-state index in [9.17, 15) is 0 Å². The van der Waals surface area contributed by atoms with E-state index in [2.05, 4.69) is 15.4 Å². The Bertz CT molecular complexity index is 438.